The summed E-state index contributed by atoms with van der Waals surface area (Å²) in [6.45, 7) is 3.76. The van der Waals surface area contributed by atoms with E-state index in [1.54, 1.807) is 0 Å². The molecule has 1 aliphatic carbocycles. The van der Waals surface area contributed by atoms with Crippen LogP contribution in [0.1, 0.15) is 50.6 Å². The number of hydrogen-bond donors (Lipinski definition) is 1. The molecule has 0 amide bonds. The van der Waals surface area contributed by atoms with Gasteiger partial charge in [-0.2, -0.15) is 0 Å². The molecule has 1 N–H and O–H groups in total. The van der Waals surface area contributed by atoms with Crippen molar-refractivity contribution in [2.75, 3.05) is 13.2 Å². The average molecular weight is 316 g/mol. The molecular formula is C16H23Cl2NO. The van der Waals surface area contributed by atoms with Gasteiger partial charge in [0.1, 0.15) is 0 Å². The van der Waals surface area contributed by atoms with Gasteiger partial charge < -0.3 is 10.1 Å². The maximum atomic E-state index is 6.04. The lowest BCUT2D eigenvalue weighted by Gasteiger charge is -2.22. The van der Waals surface area contributed by atoms with Crippen LogP contribution in [-0.4, -0.2) is 19.3 Å². The van der Waals surface area contributed by atoms with E-state index in [1.165, 1.54) is 32.1 Å². The number of rotatable bonds is 6. The van der Waals surface area contributed by atoms with Crippen molar-refractivity contribution in [2.24, 2.45) is 0 Å². The Morgan fingerprint density at radius 1 is 1.20 bits per heavy atom. The first-order valence-electron chi connectivity index (χ1n) is 7.47. The summed E-state index contributed by atoms with van der Waals surface area (Å²) in [7, 11) is 0. The predicted molar refractivity (Wildman–Crippen MR) is 85.7 cm³/mol. The molecule has 1 aromatic rings. The topological polar surface area (TPSA) is 21.3 Å². The Bertz CT molecular complexity index is 419. The molecule has 0 radical (unpaired) electrons. The molecule has 1 unspecified atom stereocenters. The molecule has 0 saturated heterocycles. The van der Waals surface area contributed by atoms with E-state index in [4.69, 9.17) is 27.9 Å². The Hall–Kier alpha value is -0.280. The van der Waals surface area contributed by atoms with Crippen LogP contribution < -0.4 is 5.32 Å². The third kappa shape index (κ3) is 4.92. The normalized spacial score (nSPS) is 18.1. The van der Waals surface area contributed by atoms with Crippen LogP contribution in [0.3, 0.4) is 0 Å². The molecule has 1 aliphatic rings. The van der Waals surface area contributed by atoms with E-state index < -0.39 is 0 Å². The third-order valence-corrected chi connectivity index (χ3v) is 4.64. The first kappa shape index (κ1) is 16.1. The minimum absolute atomic E-state index is 0.250. The fourth-order valence-corrected chi connectivity index (χ4v) is 2.94. The molecule has 20 heavy (non-hydrogen) atoms. The second-order valence-corrected chi connectivity index (χ2v) is 6.29. The number of ether oxygens (including phenoxy) is 1. The predicted octanol–water partition coefficient (Wildman–Crippen LogP) is 4.99. The smallest absolute Gasteiger partial charge is 0.0595 e. The first-order chi connectivity index (χ1) is 9.66. The van der Waals surface area contributed by atoms with Crippen molar-refractivity contribution in [3.8, 4) is 0 Å². The maximum Gasteiger partial charge on any atom is 0.0595 e. The number of halogens is 2. The molecule has 2 rings (SSSR count). The number of benzene rings is 1. The van der Waals surface area contributed by atoms with E-state index in [2.05, 4.69) is 12.2 Å². The van der Waals surface area contributed by atoms with Crippen molar-refractivity contribution in [2.45, 2.75) is 51.2 Å². The van der Waals surface area contributed by atoms with Gasteiger partial charge in [0.2, 0.25) is 0 Å². The molecule has 1 saturated carbocycles. The summed E-state index contributed by atoms with van der Waals surface area (Å²) >= 11 is 12.0. The van der Waals surface area contributed by atoms with Gasteiger partial charge in [-0.1, -0.05) is 48.5 Å². The lowest BCUT2D eigenvalue weighted by atomic mass is 9.98. The fourth-order valence-electron chi connectivity index (χ4n) is 2.63. The van der Waals surface area contributed by atoms with E-state index >= 15 is 0 Å². The highest BCUT2D eigenvalue weighted by molar-refractivity contribution is 6.42. The molecule has 0 bridgehead atoms. The highest BCUT2D eigenvalue weighted by Gasteiger charge is 2.13. The monoisotopic (exact) mass is 315 g/mol. The Balaban J connectivity index is 1.69. The van der Waals surface area contributed by atoms with Crippen molar-refractivity contribution < 1.29 is 4.74 Å². The van der Waals surface area contributed by atoms with Gasteiger partial charge in [0, 0.05) is 12.6 Å². The zero-order valence-electron chi connectivity index (χ0n) is 12.0. The van der Waals surface area contributed by atoms with Crippen LogP contribution in [0.2, 0.25) is 10.0 Å². The molecule has 1 aromatic carbocycles. The SMILES string of the molecule is CC(NCCOC1CCCCC1)c1ccc(Cl)c(Cl)c1. The van der Waals surface area contributed by atoms with Crippen LogP contribution in [0, 0.1) is 0 Å². The first-order valence-corrected chi connectivity index (χ1v) is 8.22. The van der Waals surface area contributed by atoms with Crippen LogP contribution in [0.4, 0.5) is 0 Å². The quantitative estimate of drug-likeness (QED) is 0.746. The lowest BCUT2D eigenvalue weighted by molar-refractivity contribution is 0.0295. The summed E-state index contributed by atoms with van der Waals surface area (Å²) in [6, 6.07) is 6.02. The minimum Gasteiger partial charge on any atom is -0.377 e. The molecule has 0 aliphatic heterocycles. The molecule has 0 heterocycles. The zero-order valence-corrected chi connectivity index (χ0v) is 13.5. The fraction of sp³-hybridized carbons (Fsp3) is 0.625. The summed E-state index contributed by atoms with van der Waals surface area (Å²) in [6.07, 6.45) is 6.93. The maximum absolute atomic E-state index is 6.04. The van der Waals surface area contributed by atoms with Gasteiger partial charge in [0.25, 0.3) is 0 Å². The molecule has 112 valence electrons. The molecule has 2 nitrogen and oxygen atoms in total. The van der Waals surface area contributed by atoms with Crippen molar-refractivity contribution in [3.05, 3.63) is 33.8 Å². The summed E-state index contributed by atoms with van der Waals surface area (Å²) in [4.78, 5) is 0. The largest absolute Gasteiger partial charge is 0.377 e. The number of nitrogens with one attached hydrogen (secondary N) is 1. The number of hydrogen-bond acceptors (Lipinski definition) is 2. The van der Waals surface area contributed by atoms with Crippen molar-refractivity contribution in [3.63, 3.8) is 0 Å². The highest BCUT2D eigenvalue weighted by atomic mass is 35.5. The summed E-state index contributed by atoms with van der Waals surface area (Å²) in [5.74, 6) is 0. The molecule has 4 heteroatoms. The Morgan fingerprint density at radius 2 is 1.95 bits per heavy atom. The minimum atomic E-state index is 0.250. The van der Waals surface area contributed by atoms with Crippen molar-refractivity contribution >= 4 is 23.2 Å². The van der Waals surface area contributed by atoms with Crippen LogP contribution >= 0.6 is 23.2 Å². The van der Waals surface area contributed by atoms with E-state index in [9.17, 15) is 0 Å². The van der Waals surface area contributed by atoms with Gasteiger partial charge in [0.15, 0.2) is 0 Å². The zero-order chi connectivity index (χ0) is 14.4. The van der Waals surface area contributed by atoms with E-state index in [1.807, 2.05) is 18.2 Å². The second kappa shape index (κ2) is 8.23. The van der Waals surface area contributed by atoms with Crippen LogP contribution in [0.15, 0.2) is 18.2 Å². The average Bonchev–Trinajstić information content (AvgIpc) is 2.47. The van der Waals surface area contributed by atoms with Gasteiger partial charge in [-0.15, -0.1) is 0 Å². The molecule has 0 aromatic heterocycles. The van der Waals surface area contributed by atoms with Crippen LogP contribution in [-0.2, 0) is 4.74 Å². The molecule has 1 atom stereocenters. The molecular weight excluding hydrogens is 293 g/mol. The Kier molecular flexibility index (Phi) is 6.63. The van der Waals surface area contributed by atoms with Gasteiger partial charge >= 0.3 is 0 Å². The highest BCUT2D eigenvalue weighted by Crippen LogP contribution is 2.25. The van der Waals surface area contributed by atoms with E-state index in [-0.39, 0.29) is 6.04 Å². The van der Waals surface area contributed by atoms with Gasteiger partial charge in [0.05, 0.1) is 22.8 Å². The van der Waals surface area contributed by atoms with E-state index in [0.29, 0.717) is 16.1 Å². The van der Waals surface area contributed by atoms with Crippen LogP contribution in [0.25, 0.3) is 0 Å². The Morgan fingerprint density at radius 3 is 2.65 bits per heavy atom. The van der Waals surface area contributed by atoms with Crippen molar-refractivity contribution in [1.82, 2.24) is 5.32 Å². The summed E-state index contributed by atoms with van der Waals surface area (Å²) in [5, 5.41) is 4.67. The Labute approximate surface area is 131 Å². The van der Waals surface area contributed by atoms with Crippen LogP contribution in [0.5, 0.6) is 0 Å². The molecule has 1 fully saturated rings. The van der Waals surface area contributed by atoms with Gasteiger partial charge in [-0.05, 0) is 37.5 Å². The third-order valence-electron chi connectivity index (χ3n) is 3.90. The summed E-state index contributed by atoms with van der Waals surface area (Å²) in [5.41, 5.74) is 1.15. The van der Waals surface area contributed by atoms with E-state index in [0.717, 1.165) is 18.7 Å². The van der Waals surface area contributed by atoms with Gasteiger partial charge in [-0.3, -0.25) is 0 Å². The molecule has 0 spiro atoms. The second-order valence-electron chi connectivity index (χ2n) is 5.48. The standard InChI is InChI=1S/C16H23Cl2NO/c1-12(13-7-8-15(17)16(18)11-13)19-9-10-20-14-5-3-2-4-6-14/h7-8,11-12,14,19H,2-6,9-10H2,1H3. The lowest BCUT2D eigenvalue weighted by Crippen LogP contribution is -2.26. The van der Waals surface area contributed by atoms with Crippen molar-refractivity contribution in [1.29, 1.82) is 0 Å². The summed E-state index contributed by atoms with van der Waals surface area (Å²) < 4.78 is 5.90. The van der Waals surface area contributed by atoms with Gasteiger partial charge in [-0.25, -0.2) is 0 Å².